The summed E-state index contributed by atoms with van der Waals surface area (Å²) in [4.78, 5) is 1.87. The third-order valence-electron chi connectivity index (χ3n) is 9.47. The van der Waals surface area contributed by atoms with Crippen molar-refractivity contribution in [1.29, 1.82) is 0 Å². The molecule has 7 unspecified atom stereocenters. The van der Waals surface area contributed by atoms with Gasteiger partial charge in [0.2, 0.25) is 0 Å². The Labute approximate surface area is 211 Å². The van der Waals surface area contributed by atoms with Gasteiger partial charge in [-0.3, -0.25) is 0 Å². The highest BCUT2D eigenvalue weighted by Gasteiger charge is 2.53. The minimum atomic E-state index is -1.21. The van der Waals surface area contributed by atoms with E-state index in [1.54, 1.807) is 12.4 Å². The monoisotopic (exact) mass is 489 g/mol. The van der Waals surface area contributed by atoms with E-state index in [0.717, 1.165) is 28.3 Å². The molecule has 1 heterocycles. The first-order valence-electron chi connectivity index (χ1n) is 12.9. The number of aromatic nitrogens is 2. The molecule has 0 spiro atoms. The highest BCUT2D eigenvalue weighted by atomic mass is 16.3. The predicted octanol–water partition coefficient (Wildman–Crippen LogP) is 2.61. The molecule has 7 heteroatoms. The lowest BCUT2D eigenvalue weighted by Crippen LogP contribution is -2.58. The van der Waals surface area contributed by atoms with Crippen molar-refractivity contribution < 1.29 is 20.4 Å². The molecule has 0 saturated heterocycles. The molecule has 4 aliphatic carbocycles. The summed E-state index contributed by atoms with van der Waals surface area (Å²) in [5.41, 5.74) is 3.37. The molecule has 1 fully saturated rings. The minimum Gasteiger partial charge on any atom is -0.388 e. The zero-order valence-electron chi connectivity index (χ0n) is 21.1. The third kappa shape index (κ3) is 3.45. The summed E-state index contributed by atoms with van der Waals surface area (Å²) < 4.78 is 0. The number of nitrogens with zero attached hydrogens (tertiary/aromatic N) is 3. The number of benzene rings is 1. The molecule has 0 aliphatic heterocycles. The Balaban J connectivity index is 1.38. The Bertz CT molecular complexity index is 1320. The summed E-state index contributed by atoms with van der Waals surface area (Å²) in [7, 11) is 3.72. The molecule has 2 aromatic rings. The maximum atomic E-state index is 11.7. The fraction of sp³-hybridized carbons (Fsp3) is 0.517. The number of aliphatic hydroxyl groups is 4. The van der Waals surface area contributed by atoms with Gasteiger partial charge in [0.25, 0.3) is 0 Å². The van der Waals surface area contributed by atoms with E-state index in [9.17, 15) is 20.4 Å². The zero-order valence-corrected chi connectivity index (χ0v) is 21.1. The van der Waals surface area contributed by atoms with Crippen LogP contribution in [-0.4, -0.2) is 79.6 Å². The Kier molecular flexibility index (Phi) is 5.52. The highest BCUT2D eigenvalue weighted by Crippen LogP contribution is 2.60. The molecule has 6 rings (SSSR count). The van der Waals surface area contributed by atoms with Crippen LogP contribution < -0.4 is 0 Å². The van der Waals surface area contributed by atoms with E-state index in [0.29, 0.717) is 31.3 Å². The molecular weight excluding hydrogens is 454 g/mol. The Hall–Kier alpha value is -2.42. The molecule has 1 aromatic carbocycles. The maximum Gasteiger partial charge on any atom is 0.105 e. The lowest BCUT2D eigenvalue weighted by atomic mass is 9.61. The van der Waals surface area contributed by atoms with Gasteiger partial charge in [0.05, 0.1) is 30.2 Å². The summed E-state index contributed by atoms with van der Waals surface area (Å²) in [6, 6.07) is 6.02. The van der Waals surface area contributed by atoms with Crippen molar-refractivity contribution in [3.8, 4) is 0 Å². The molecule has 1 aromatic heterocycles. The van der Waals surface area contributed by atoms with Gasteiger partial charge in [-0.05, 0) is 80.5 Å². The number of hydrogen-bond acceptors (Lipinski definition) is 7. The first-order chi connectivity index (χ1) is 17.1. The Morgan fingerprint density at radius 1 is 1.03 bits per heavy atom. The van der Waals surface area contributed by atoms with E-state index in [1.807, 2.05) is 25.1 Å². The topological polar surface area (TPSA) is 110 Å². The largest absolute Gasteiger partial charge is 0.388 e. The summed E-state index contributed by atoms with van der Waals surface area (Å²) in [5.74, 6) is 0.212. The van der Waals surface area contributed by atoms with Crippen LogP contribution in [0.25, 0.3) is 16.3 Å². The molecule has 7 atom stereocenters. The number of rotatable bonds is 2. The number of aliphatic hydroxyl groups excluding tert-OH is 3. The fourth-order valence-electron chi connectivity index (χ4n) is 7.46. The number of hydrogen-bond donors (Lipinski definition) is 4. The van der Waals surface area contributed by atoms with Gasteiger partial charge in [0.1, 0.15) is 6.10 Å². The molecule has 0 bridgehead atoms. The van der Waals surface area contributed by atoms with Crippen molar-refractivity contribution >= 4 is 16.3 Å². The van der Waals surface area contributed by atoms with Gasteiger partial charge in [-0.15, -0.1) is 0 Å². The quantitative estimate of drug-likeness (QED) is 0.513. The molecule has 0 amide bonds. The first kappa shape index (κ1) is 23.9. The number of fused-ring (bicyclic) bond motifs is 4. The summed E-state index contributed by atoms with van der Waals surface area (Å²) in [5, 5.41) is 55.2. The second-order valence-electron chi connectivity index (χ2n) is 11.7. The van der Waals surface area contributed by atoms with Gasteiger partial charge in [-0.2, -0.15) is 10.2 Å². The minimum absolute atomic E-state index is 0.212. The lowest BCUT2D eigenvalue weighted by Gasteiger charge is -2.46. The van der Waals surface area contributed by atoms with Crippen LogP contribution in [-0.2, 0) is 0 Å². The SMILES string of the molecule is CN(C)C1CC2(O)CCC3=C(C=C2C(O)C1O)C(O)CC1(C)C(c2ccc4cnncc4c2)=CCC31. The smallest absolute Gasteiger partial charge is 0.105 e. The van der Waals surface area contributed by atoms with Gasteiger partial charge in [0, 0.05) is 22.2 Å². The van der Waals surface area contributed by atoms with Gasteiger partial charge < -0.3 is 25.3 Å². The van der Waals surface area contributed by atoms with Gasteiger partial charge >= 0.3 is 0 Å². The highest BCUT2D eigenvalue weighted by molar-refractivity contribution is 5.86. The van der Waals surface area contributed by atoms with E-state index >= 15 is 0 Å². The van der Waals surface area contributed by atoms with Crippen LogP contribution in [0, 0.1) is 11.3 Å². The Morgan fingerprint density at radius 2 is 1.78 bits per heavy atom. The van der Waals surface area contributed by atoms with Crippen LogP contribution >= 0.6 is 0 Å². The van der Waals surface area contributed by atoms with E-state index in [4.69, 9.17) is 0 Å². The van der Waals surface area contributed by atoms with E-state index in [1.165, 1.54) is 11.1 Å². The maximum absolute atomic E-state index is 11.7. The van der Waals surface area contributed by atoms with Crippen molar-refractivity contribution in [3.05, 3.63) is 65.0 Å². The second kappa shape index (κ2) is 8.30. The lowest BCUT2D eigenvalue weighted by molar-refractivity contribution is -0.0922. The molecule has 36 heavy (non-hydrogen) atoms. The first-order valence-corrected chi connectivity index (χ1v) is 12.9. The molecule has 1 saturated carbocycles. The van der Waals surface area contributed by atoms with Crippen LogP contribution in [0.5, 0.6) is 0 Å². The molecule has 4 aliphatic rings. The van der Waals surface area contributed by atoms with E-state index < -0.39 is 23.9 Å². The normalized spacial score (nSPS) is 38.3. The number of likely N-dealkylation sites (N-methyl/N-ethyl adjacent to an activating group) is 1. The zero-order chi connectivity index (χ0) is 25.4. The average molecular weight is 490 g/mol. The molecule has 190 valence electrons. The van der Waals surface area contributed by atoms with Crippen molar-refractivity contribution in [2.45, 2.75) is 69.0 Å². The molecular formula is C29H35N3O4. The standard InChI is InChI=1S/C29H35N3O4/c1-28-13-25(33)20-11-23-26(34)27(35)24(32(2)3)12-29(23,36)9-8-19(20)22(28)7-6-21(28)16-4-5-17-14-30-31-15-18(17)10-16/h4-6,10-11,14-15,22,24-27,33-36H,7-9,12-13H2,1-3H3. The van der Waals surface area contributed by atoms with Gasteiger partial charge in [0.15, 0.2) is 0 Å². The van der Waals surface area contributed by atoms with Crippen molar-refractivity contribution in [2.75, 3.05) is 14.1 Å². The molecule has 7 nitrogen and oxygen atoms in total. The summed E-state index contributed by atoms with van der Waals surface area (Å²) in [6.45, 7) is 2.25. The summed E-state index contributed by atoms with van der Waals surface area (Å²) >= 11 is 0. The van der Waals surface area contributed by atoms with Crippen molar-refractivity contribution in [3.63, 3.8) is 0 Å². The average Bonchev–Trinajstić information content (AvgIpc) is 3.10. The van der Waals surface area contributed by atoms with E-state index in [2.05, 4.69) is 41.4 Å². The molecule has 4 N–H and O–H groups in total. The van der Waals surface area contributed by atoms with Crippen molar-refractivity contribution in [2.24, 2.45) is 11.3 Å². The second-order valence-corrected chi connectivity index (χ2v) is 11.7. The van der Waals surface area contributed by atoms with Gasteiger partial charge in [-0.1, -0.05) is 36.8 Å². The van der Waals surface area contributed by atoms with E-state index in [-0.39, 0.29) is 17.4 Å². The summed E-state index contributed by atoms with van der Waals surface area (Å²) in [6.07, 6.45) is 7.73. The molecule has 0 radical (unpaired) electrons. The van der Waals surface area contributed by atoms with Crippen LogP contribution in [0.1, 0.15) is 44.6 Å². The third-order valence-corrected chi connectivity index (χ3v) is 9.47. The number of allylic oxidation sites excluding steroid dienone is 3. The van der Waals surface area contributed by atoms with Crippen LogP contribution in [0.3, 0.4) is 0 Å². The van der Waals surface area contributed by atoms with Crippen LogP contribution in [0.15, 0.2) is 59.5 Å². The van der Waals surface area contributed by atoms with Crippen LogP contribution in [0.2, 0.25) is 0 Å². The Morgan fingerprint density at radius 3 is 2.53 bits per heavy atom. The van der Waals surface area contributed by atoms with Crippen LogP contribution in [0.4, 0.5) is 0 Å². The predicted molar refractivity (Wildman–Crippen MR) is 138 cm³/mol. The van der Waals surface area contributed by atoms with Crippen molar-refractivity contribution in [1.82, 2.24) is 15.1 Å². The van der Waals surface area contributed by atoms with Gasteiger partial charge in [-0.25, -0.2) is 0 Å². The fourth-order valence-corrected chi connectivity index (χ4v) is 7.46.